The fourth-order valence-electron chi connectivity index (χ4n) is 4.84. The largest absolute Gasteiger partial charge is 0.505 e. The van der Waals surface area contributed by atoms with Crippen molar-refractivity contribution in [1.82, 2.24) is 0 Å². The maximum Gasteiger partial charge on any atom is 0.194 e. The second-order valence-corrected chi connectivity index (χ2v) is 9.52. The maximum absolute atomic E-state index is 13.0. The van der Waals surface area contributed by atoms with Crippen LogP contribution >= 0.6 is 0 Å². The number of nitrogens with zero attached hydrogens (tertiary/aromatic N) is 2. The highest BCUT2D eigenvalue weighted by atomic mass is 16.6. The Morgan fingerprint density at radius 2 is 1.53 bits per heavy atom. The molecule has 6 nitrogen and oxygen atoms in total. The Kier molecular flexibility index (Phi) is 5.94. The number of rotatable bonds is 6. The lowest BCUT2D eigenvalue weighted by Crippen LogP contribution is -2.02. The molecule has 6 heteroatoms. The number of benzene rings is 5. The van der Waals surface area contributed by atoms with Gasteiger partial charge in [-0.3, -0.25) is 15.1 Å². The molecule has 0 radical (unpaired) electrons. The van der Waals surface area contributed by atoms with E-state index in [4.69, 9.17) is 4.84 Å². The molecule has 0 heterocycles. The maximum atomic E-state index is 13.0. The number of phenolic OH excluding ortho intramolecular Hbond substituents is 1. The number of hydrogen-bond donors (Lipinski definition) is 2. The highest BCUT2D eigenvalue weighted by Crippen LogP contribution is 2.41. The van der Waals surface area contributed by atoms with Crippen LogP contribution in [0.2, 0.25) is 0 Å². The average molecular weight is 500 g/mol. The van der Waals surface area contributed by atoms with E-state index in [1.165, 1.54) is 0 Å². The zero-order valence-electron chi connectivity index (χ0n) is 21.0. The average Bonchev–Trinajstić information content (AvgIpc) is 3.19. The number of phenols is 1. The third-order valence-corrected chi connectivity index (χ3v) is 6.73. The fourth-order valence-corrected chi connectivity index (χ4v) is 4.84. The SMILES string of the molecule is Cc1cccc(NOCc2cc3ccccc3c(N=Nc3ccc4c(c3)C(=O)c3cc(C)ccc3-4)c2O)c1. The molecule has 38 heavy (non-hydrogen) atoms. The Morgan fingerprint density at radius 1 is 0.763 bits per heavy atom. The molecule has 0 spiro atoms. The number of anilines is 1. The summed E-state index contributed by atoms with van der Waals surface area (Å²) in [7, 11) is 0. The number of nitrogens with one attached hydrogen (secondary N) is 1. The summed E-state index contributed by atoms with van der Waals surface area (Å²) in [6, 6.07) is 28.8. The molecule has 0 aliphatic heterocycles. The second-order valence-electron chi connectivity index (χ2n) is 9.52. The van der Waals surface area contributed by atoms with Crippen LogP contribution in [-0.4, -0.2) is 10.9 Å². The molecule has 5 aromatic carbocycles. The van der Waals surface area contributed by atoms with Crippen molar-refractivity contribution >= 4 is 33.6 Å². The molecule has 0 bridgehead atoms. The van der Waals surface area contributed by atoms with Crippen molar-refractivity contribution in [2.75, 3.05) is 5.48 Å². The molecule has 1 aliphatic rings. The number of aromatic hydroxyl groups is 1. The number of ketones is 1. The van der Waals surface area contributed by atoms with Crippen LogP contribution in [-0.2, 0) is 11.4 Å². The van der Waals surface area contributed by atoms with Crippen molar-refractivity contribution < 1.29 is 14.7 Å². The molecule has 6 rings (SSSR count). The van der Waals surface area contributed by atoms with Crippen LogP contribution in [0.4, 0.5) is 17.1 Å². The molecule has 0 fully saturated rings. The van der Waals surface area contributed by atoms with E-state index in [9.17, 15) is 9.90 Å². The van der Waals surface area contributed by atoms with E-state index in [1.807, 2.05) is 98.8 Å². The smallest absolute Gasteiger partial charge is 0.194 e. The van der Waals surface area contributed by atoms with Crippen molar-refractivity contribution in [1.29, 1.82) is 0 Å². The summed E-state index contributed by atoms with van der Waals surface area (Å²) in [5.41, 5.74) is 10.5. The van der Waals surface area contributed by atoms with Gasteiger partial charge >= 0.3 is 0 Å². The van der Waals surface area contributed by atoms with E-state index in [0.29, 0.717) is 28.1 Å². The summed E-state index contributed by atoms with van der Waals surface area (Å²) in [4.78, 5) is 18.7. The molecular formula is C32H25N3O3. The van der Waals surface area contributed by atoms with E-state index >= 15 is 0 Å². The van der Waals surface area contributed by atoms with E-state index in [1.54, 1.807) is 6.07 Å². The monoisotopic (exact) mass is 499 g/mol. The first-order valence-electron chi connectivity index (χ1n) is 12.4. The second kappa shape index (κ2) is 9.57. The zero-order chi connectivity index (χ0) is 26.2. The van der Waals surface area contributed by atoms with Crippen molar-refractivity contribution in [3.8, 4) is 16.9 Å². The number of carbonyl (C=O) groups excluding carboxylic acids is 1. The van der Waals surface area contributed by atoms with E-state index in [-0.39, 0.29) is 18.1 Å². The summed E-state index contributed by atoms with van der Waals surface area (Å²) in [5.74, 6) is -0.0112. The summed E-state index contributed by atoms with van der Waals surface area (Å²) >= 11 is 0. The molecule has 0 atom stereocenters. The van der Waals surface area contributed by atoms with Gasteiger partial charge in [-0.2, -0.15) is 5.11 Å². The van der Waals surface area contributed by atoms with Crippen LogP contribution in [0.15, 0.2) is 101 Å². The van der Waals surface area contributed by atoms with Crippen molar-refractivity contribution in [3.63, 3.8) is 0 Å². The molecule has 5 aromatic rings. The van der Waals surface area contributed by atoms with Gasteiger partial charge in [0, 0.05) is 22.1 Å². The van der Waals surface area contributed by atoms with Crippen molar-refractivity contribution in [2.45, 2.75) is 20.5 Å². The van der Waals surface area contributed by atoms with Gasteiger partial charge in [0.15, 0.2) is 5.78 Å². The Balaban J connectivity index is 1.30. The first kappa shape index (κ1) is 23.6. The first-order valence-corrected chi connectivity index (χ1v) is 12.4. The van der Waals surface area contributed by atoms with Crippen LogP contribution in [0.25, 0.3) is 21.9 Å². The Labute approximate surface area is 220 Å². The van der Waals surface area contributed by atoms with Gasteiger partial charge < -0.3 is 5.11 Å². The van der Waals surface area contributed by atoms with Gasteiger partial charge in [0.25, 0.3) is 0 Å². The quantitative estimate of drug-likeness (QED) is 0.178. The van der Waals surface area contributed by atoms with Crippen LogP contribution in [0.5, 0.6) is 5.75 Å². The van der Waals surface area contributed by atoms with Gasteiger partial charge in [-0.1, -0.05) is 60.2 Å². The van der Waals surface area contributed by atoms with Crippen molar-refractivity contribution in [3.05, 3.63) is 119 Å². The lowest BCUT2D eigenvalue weighted by Gasteiger charge is -2.12. The highest BCUT2D eigenvalue weighted by Gasteiger charge is 2.26. The molecule has 0 aromatic heterocycles. The summed E-state index contributed by atoms with van der Waals surface area (Å²) in [6.07, 6.45) is 0. The number of azo groups is 1. The lowest BCUT2D eigenvalue weighted by molar-refractivity contribution is 0.104. The van der Waals surface area contributed by atoms with Crippen molar-refractivity contribution in [2.24, 2.45) is 10.2 Å². The molecule has 2 N–H and O–H groups in total. The molecule has 0 unspecified atom stereocenters. The summed E-state index contributed by atoms with van der Waals surface area (Å²) in [6.45, 7) is 4.11. The number of aryl methyl sites for hydroxylation is 2. The standard InChI is InChI=1S/C32H25N3O3/c1-19-6-5-8-24(14-19)35-38-18-22-16-21-7-3-4-9-25(21)30(31(22)36)34-33-23-11-13-27-26-12-10-20(2)15-28(26)32(37)29(27)17-23/h3-17,35-36H,18H2,1-2H3. The minimum atomic E-state index is -0.00990. The molecule has 0 saturated heterocycles. The Hall–Kier alpha value is -4.81. The number of fused-ring (bicyclic) bond motifs is 4. The summed E-state index contributed by atoms with van der Waals surface area (Å²) in [5, 5.41) is 21.7. The lowest BCUT2D eigenvalue weighted by atomic mass is 10.0. The van der Waals surface area contributed by atoms with Gasteiger partial charge in [-0.25, -0.2) is 0 Å². The van der Waals surface area contributed by atoms with Gasteiger partial charge in [-0.05, 0) is 72.3 Å². The van der Waals surface area contributed by atoms with Gasteiger partial charge in [0.2, 0.25) is 0 Å². The predicted molar refractivity (Wildman–Crippen MR) is 149 cm³/mol. The van der Waals surface area contributed by atoms with Gasteiger partial charge in [0.05, 0.1) is 11.4 Å². The highest BCUT2D eigenvalue weighted by molar-refractivity contribution is 6.22. The van der Waals surface area contributed by atoms with E-state index in [0.717, 1.165) is 38.7 Å². The van der Waals surface area contributed by atoms with Crippen LogP contribution in [0, 0.1) is 13.8 Å². The van der Waals surface area contributed by atoms with Crippen LogP contribution in [0.1, 0.15) is 32.6 Å². The molecular weight excluding hydrogens is 474 g/mol. The number of carbonyl (C=O) groups is 1. The van der Waals surface area contributed by atoms with Gasteiger partial charge in [-0.15, -0.1) is 5.11 Å². The normalized spacial score (nSPS) is 12.2. The van der Waals surface area contributed by atoms with E-state index in [2.05, 4.69) is 15.7 Å². The number of hydrogen-bond acceptors (Lipinski definition) is 6. The predicted octanol–water partition coefficient (Wildman–Crippen LogP) is 8.33. The molecule has 0 saturated carbocycles. The third kappa shape index (κ3) is 4.31. The van der Waals surface area contributed by atoms with Crippen LogP contribution in [0.3, 0.4) is 0 Å². The molecule has 0 amide bonds. The summed E-state index contributed by atoms with van der Waals surface area (Å²) < 4.78 is 0. The topological polar surface area (TPSA) is 83.3 Å². The first-order chi connectivity index (χ1) is 18.5. The molecule has 1 aliphatic carbocycles. The Bertz CT molecular complexity index is 1760. The zero-order valence-corrected chi connectivity index (χ0v) is 21.0. The van der Waals surface area contributed by atoms with Crippen LogP contribution < -0.4 is 5.48 Å². The van der Waals surface area contributed by atoms with Gasteiger partial charge in [0.1, 0.15) is 18.0 Å². The Morgan fingerprint density at radius 3 is 2.37 bits per heavy atom. The fraction of sp³-hybridized carbons (Fsp3) is 0.0938. The third-order valence-electron chi connectivity index (χ3n) is 6.73. The minimum Gasteiger partial charge on any atom is -0.505 e. The van der Waals surface area contributed by atoms with E-state index < -0.39 is 0 Å². The molecule has 186 valence electrons. The minimum absolute atomic E-state index is 0.00129.